The van der Waals surface area contributed by atoms with E-state index in [-0.39, 0.29) is 18.6 Å². The summed E-state index contributed by atoms with van der Waals surface area (Å²) in [6, 6.07) is 4.18. The van der Waals surface area contributed by atoms with Crippen LogP contribution in [0.3, 0.4) is 0 Å². The van der Waals surface area contributed by atoms with Crippen LogP contribution in [0.15, 0.2) is 18.3 Å². The first-order chi connectivity index (χ1) is 16.4. The zero-order chi connectivity index (χ0) is 23.4. The number of fused-ring (bicyclic) bond motifs is 1. The summed E-state index contributed by atoms with van der Waals surface area (Å²) in [6.45, 7) is 7.15. The number of amides is 1. The summed E-state index contributed by atoms with van der Waals surface area (Å²) in [4.78, 5) is 20.4. The van der Waals surface area contributed by atoms with Crippen molar-refractivity contribution in [3.8, 4) is 0 Å². The molecule has 9 nitrogen and oxygen atoms in total. The molecule has 3 aromatic heterocycles. The van der Waals surface area contributed by atoms with Gasteiger partial charge in [-0.3, -0.25) is 14.6 Å². The van der Waals surface area contributed by atoms with Gasteiger partial charge in [-0.05, 0) is 56.7 Å². The monoisotopic (exact) mass is 461 g/mol. The first-order valence-corrected chi connectivity index (χ1v) is 12.1. The molecular formula is C25H31N7O2. The number of carbonyl (C=O) groups excluding carboxylic acids is 1. The van der Waals surface area contributed by atoms with Crippen molar-refractivity contribution in [1.82, 2.24) is 30.3 Å². The number of anilines is 1. The molecule has 3 aromatic rings. The van der Waals surface area contributed by atoms with Gasteiger partial charge in [-0.15, -0.1) is 0 Å². The van der Waals surface area contributed by atoms with E-state index in [0.717, 1.165) is 54.4 Å². The Morgan fingerprint density at radius 2 is 2.09 bits per heavy atom. The largest absolute Gasteiger partial charge is 0.378 e. The quantitative estimate of drug-likeness (QED) is 0.561. The van der Waals surface area contributed by atoms with E-state index < -0.39 is 0 Å². The van der Waals surface area contributed by atoms with Crippen molar-refractivity contribution < 1.29 is 9.53 Å². The van der Waals surface area contributed by atoms with Gasteiger partial charge in [-0.25, -0.2) is 4.98 Å². The van der Waals surface area contributed by atoms with Gasteiger partial charge >= 0.3 is 0 Å². The number of hydrogen-bond acceptors (Lipinski definition) is 6. The predicted molar refractivity (Wildman–Crippen MR) is 127 cm³/mol. The molecule has 1 saturated heterocycles. The van der Waals surface area contributed by atoms with Gasteiger partial charge in [0, 0.05) is 37.5 Å². The maximum Gasteiger partial charge on any atom is 0.255 e. The van der Waals surface area contributed by atoms with E-state index >= 15 is 0 Å². The van der Waals surface area contributed by atoms with Crippen LogP contribution in [-0.2, 0) is 24.3 Å². The van der Waals surface area contributed by atoms with Crippen LogP contribution < -0.4 is 10.2 Å². The average Bonchev–Trinajstić information content (AvgIpc) is 3.15. The van der Waals surface area contributed by atoms with Gasteiger partial charge in [-0.1, -0.05) is 6.07 Å². The summed E-state index contributed by atoms with van der Waals surface area (Å²) in [5.41, 5.74) is 7.12. The van der Waals surface area contributed by atoms with E-state index in [9.17, 15) is 4.79 Å². The Labute approximate surface area is 198 Å². The molecule has 178 valence electrons. The van der Waals surface area contributed by atoms with Gasteiger partial charge in [0.05, 0.1) is 36.1 Å². The maximum absolute atomic E-state index is 13.2. The molecule has 0 unspecified atom stereocenters. The summed E-state index contributed by atoms with van der Waals surface area (Å²) >= 11 is 0. The number of hydrogen-bond donors (Lipinski definition) is 2. The minimum absolute atomic E-state index is 0.0577. The molecule has 1 spiro atoms. The molecule has 1 atom stereocenters. The van der Waals surface area contributed by atoms with Crippen LogP contribution in [0.25, 0.3) is 0 Å². The number of rotatable bonds is 7. The summed E-state index contributed by atoms with van der Waals surface area (Å²) in [6.07, 6.45) is 6.34. The number of pyridine rings is 1. The number of aromatic nitrogens is 5. The summed E-state index contributed by atoms with van der Waals surface area (Å²) in [5, 5.41) is 15.2. The lowest BCUT2D eigenvalue weighted by Crippen LogP contribution is -2.48. The van der Waals surface area contributed by atoms with Crippen molar-refractivity contribution in [3.05, 3.63) is 57.8 Å². The van der Waals surface area contributed by atoms with Crippen molar-refractivity contribution in [2.75, 3.05) is 25.1 Å². The Balaban J connectivity index is 1.17. The van der Waals surface area contributed by atoms with E-state index in [2.05, 4.69) is 37.6 Å². The molecule has 0 aromatic carbocycles. The molecule has 1 aliphatic heterocycles. The van der Waals surface area contributed by atoms with Crippen LogP contribution in [-0.4, -0.2) is 51.1 Å². The standard InChI is InChI=1S/C25H31N7O2/c1-15-17(4-7-22(26-15)31-13-25(14-31)8-9-25)10-32-11-19(21(30-32)12-34-3)24(33)27-20-6-5-18-16(2)28-29-23(18)20/h4,7,11,20H,5-6,8-10,12-14H2,1-3H3,(H,27,33)(H,28,29)/t20-/m1/s1. The lowest BCUT2D eigenvalue weighted by Gasteiger charge is -2.41. The van der Waals surface area contributed by atoms with Crippen molar-refractivity contribution in [1.29, 1.82) is 0 Å². The summed E-state index contributed by atoms with van der Waals surface area (Å²) in [7, 11) is 1.62. The number of methoxy groups -OCH3 is 1. The van der Waals surface area contributed by atoms with E-state index in [1.165, 1.54) is 18.4 Å². The van der Waals surface area contributed by atoms with E-state index in [4.69, 9.17) is 9.72 Å². The Morgan fingerprint density at radius 1 is 1.26 bits per heavy atom. The fourth-order valence-corrected chi connectivity index (χ4v) is 5.38. The second kappa shape index (κ2) is 7.94. The van der Waals surface area contributed by atoms with Crippen LogP contribution in [0.4, 0.5) is 5.82 Å². The number of ether oxygens (including phenoxy) is 1. The number of H-pyrrole nitrogens is 1. The highest BCUT2D eigenvalue weighted by molar-refractivity contribution is 5.95. The second-order valence-electron chi connectivity index (χ2n) is 10.2. The molecule has 2 N–H and O–H groups in total. The highest BCUT2D eigenvalue weighted by Gasteiger charge is 2.52. The Kier molecular flexibility index (Phi) is 4.98. The van der Waals surface area contributed by atoms with Crippen LogP contribution in [0.2, 0.25) is 0 Å². The summed E-state index contributed by atoms with van der Waals surface area (Å²) < 4.78 is 7.14. The molecule has 1 saturated carbocycles. The first kappa shape index (κ1) is 21.3. The van der Waals surface area contributed by atoms with Gasteiger partial charge in [0.2, 0.25) is 0 Å². The zero-order valence-corrected chi connectivity index (χ0v) is 20.0. The molecule has 2 fully saturated rings. The van der Waals surface area contributed by atoms with Crippen molar-refractivity contribution in [2.45, 2.75) is 58.7 Å². The Hall–Kier alpha value is -3.20. The lowest BCUT2D eigenvalue weighted by molar-refractivity contribution is 0.0931. The highest BCUT2D eigenvalue weighted by atomic mass is 16.5. The van der Waals surface area contributed by atoms with Gasteiger partial charge < -0.3 is 15.0 Å². The highest BCUT2D eigenvalue weighted by Crippen LogP contribution is 2.53. The molecule has 3 aliphatic rings. The molecule has 2 aliphatic carbocycles. The third kappa shape index (κ3) is 3.68. The summed E-state index contributed by atoms with van der Waals surface area (Å²) in [5.74, 6) is 0.921. The van der Waals surface area contributed by atoms with Crippen molar-refractivity contribution in [3.63, 3.8) is 0 Å². The normalized spacial score (nSPS) is 19.9. The first-order valence-electron chi connectivity index (χ1n) is 12.1. The van der Waals surface area contributed by atoms with Gasteiger partial charge in [0.15, 0.2) is 0 Å². The van der Waals surface area contributed by atoms with Gasteiger partial charge in [0.25, 0.3) is 5.91 Å². The number of nitrogens with one attached hydrogen (secondary N) is 2. The molecule has 0 radical (unpaired) electrons. The van der Waals surface area contributed by atoms with Crippen LogP contribution in [0.1, 0.15) is 69.6 Å². The molecule has 9 heteroatoms. The molecule has 0 bridgehead atoms. The average molecular weight is 462 g/mol. The fraction of sp³-hybridized carbons (Fsp3) is 0.520. The smallest absolute Gasteiger partial charge is 0.255 e. The number of nitrogens with zero attached hydrogens (tertiary/aromatic N) is 5. The van der Waals surface area contributed by atoms with E-state index in [1.807, 2.05) is 24.7 Å². The topological polar surface area (TPSA) is 101 Å². The van der Waals surface area contributed by atoms with Crippen LogP contribution >= 0.6 is 0 Å². The molecule has 1 amide bonds. The zero-order valence-electron chi connectivity index (χ0n) is 20.0. The van der Waals surface area contributed by atoms with E-state index in [1.54, 1.807) is 7.11 Å². The van der Waals surface area contributed by atoms with E-state index in [0.29, 0.717) is 23.2 Å². The molecule has 34 heavy (non-hydrogen) atoms. The molecule has 4 heterocycles. The molecular weight excluding hydrogens is 430 g/mol. The van der Waals surface area contributed by atoms with Crippen LogP contribution in [0.5, 0.6) is 0 Å². The Morgan fingerprint density at radius 3 is 2.82 bits per heavy atom. The molecule has 6 rings (SSSR count). The lowest BCUT2D eigenvalue weighted by atomic mass is 9.97. The number of carbonyl (C=O) groups is 1. The predicted octanol–water partition coefficient (Wildman–Crippen LogP) is 2.83. The third-order valence-electron chi connectivity index (χ3n) is 7.65. The third-order valence-corrected chi connectivity index (χ3v) is 7.65. The number of aryl methyl sites for hydroxylation is 2. The minimum Gasteiger partial charge on any atom is -0.378 e. The van der Waals surface area contributed by atoms with Crippen molar-refractivity contribution >= 4 is 11.7 Å². The van der Waals surface area contributed by atoms with Gasteiger partial charge in [0.1, 0.15) is 11.5 Å². The second-order valence-corrected chi connectivity index (χ2v) is 10.2. The fourth-order valence-electron chi connectivity index (χ4n) is 5.38. The minimum atomic E-state index is -0.139. The number of aromatic amines is 1. The maximum atomic E-state index is 13.2. The van der Waals surface area contributed by atoms with Gasteiger partial charge in [-0.2, -0.15) is 10.2 Å². The van der Waals surface area contributed by atoms with Crippen LogP contribution in [0, 0.1) is 19.3 Å². The Bertz CT molecular complexity index is 1250. The van der Waals surface area contributed by atoms with Crippen molar-refractivity contribution in [2.24, 2.45) is 5.41 Å². The SMILES string of the molecule is COCc1nn(Cc2ccc(N3CC4(CC4)C3)nc2C)cc1C(=O)N[C@@H]1CCc2c(C)n[nH]c21.